The number of hydrogen-bond donors (Lipinski definition) is 1. The minimum atomic E-state index is 0.553. The third-order valence-corrected chi connectivity index (χ3v) is 2.63. The summed E-state index contributed by atoms with van der Waals surface area (Å²) < 4.78 is 5.15. The second kappa shape index (κ2) is 5.59. The second-order valence-corrected chi connectivity index (χ2v) is 4.13. The van der Waals surface area contributed by atoms with E-state index >= 15 is 0 Å². The molecular weight excluding hydrogens is 214 g/mol. The van der Waals surface area contributed by atoms with E-state index in [-0.39, 0.29) is 0 Å². The van der Waals surface area contributed by atoms with Gasteiger partial charge in [0.05, 0.1) is 0 Å². The molecule has 0 atom stereocenters. The van der Waals surface area contributed by atoms with Crippen molar-refractivity contribution < 1.29 is 4.52 Å². The van der Waals surface area contributed by atoms with Gasteiger partial charge in [-0.1, -0.05) is 35.0 Å². The van der Waals surface area contributed by atoms with Crippen LogP contribution in [0.2, 0.25) is 0 Å². The van der Waals surface area contributed by atoms with Crippen LogP contribution in [-0.4, -0.2) is 16.7 Å². The molecule has 4 heteroatoms. The molecule has 0 fully saturated rings. The number of aryl methyl sites for hydroxylation is 3. The summed E-state index contributed by atoms with van der Waals surface area (Å²) in [4.78, 5) is 4.27. The van der Waals surface area contributed by atoms with Crippen molar-refractivity contribution in [2.45, 2.75) is 26.2 Å². The lowest BCUT2D eigenvalue weighted by Crippen LogP contribution is -2.04. The zero-order valence-electron chi connectivity index (χ0n) is 10.0. The largest absolute Gasteiger partial charge is 0.339 e. The number of nitrogens with zero attached hydrogens (tertiary/aromatic N) is 2. The summed E-state index contributed by atoms with van der Waals surface area (Å²) in [6.07, 6.45) is 2.37. The first-order chi connectivity index (χ1) is 8.28. The number of aromatic nitrogens is 2. The minimum Gasteiger partial charge on any atom is -0.339 e. The summed E-state index contributed by atoms with van der Waals surface area (Å²) in [6.45, 7) is 2.64. The van der Waals surface area contributed by atoms with Crippen LogP contribution in [0.1, 0.15) is 22.8 Å². The minimum absolute atomic E-state index is 0.553. The van der Waals surface area contributed by atoms with Gasteiger partial charge in [-0.3, -0.25) is 0 Å². The van der Waals surface area contributed by atoms with Gasteiger partial charge < -0.3 is 10.3 Å². The van der Waals surface area contributed by atoms with E-state index < -0.39 is 0 Å². The zero-order valence-corrected chi connectivity index (χ0v) is 10.0. The molecule has 90 valence electrons. The molecule has 17 heavy (non-hydrogen) atoms. The van der Waals surface area contributed by atoms with Gasteiger partial charge >= 0.3 is 0 Å². The third-order valence-electron chi connectivity index (χ3n) is 2.63. The summed E-state index contributed by atoms with van der Waals surface area (Å²) in [6, 6.07) is 8.49. The van der Waals surface area contributed by atoms with Crippen molar-refractivity contribution in [1.29, 1.82) is 0 Å². The van der Waals surface area contributed by atoms with E-state index in [1.165, 1.54) is 11.1 Å². The van der Waals surface area contributed by atoms with Gasteiger partial charge in [-0.05, 0) is 25.5 Å². The highest BCUT2D eigenvalue weighted by atomic mass is 16.5. The molecule has 1 heterocycles. The van der Waals surface area contributed by atoms with Gasteiger partial charge in [0, 0.05) is 12.8 Å². The zero-order chi connectivity index (χ0) is 12.1. The first-order valence-corrected chi connectivity index (χ1v) is 5.85. The lowest BCUT2D eigenvalue weighted by Gasteiger charge is -1.98. The van der Waals surface area contributed by atoms with Crippen LogP contribution < -0.4 is 5.73 Å². The van der Waals surface area contributed by atoms with Gasteiger partial charge in [-0.2, -0.15) is 4.98 Å². The molecular formula is C13H17N3O. The third kappa shape index (κ3) is 3.39. The summed E-state index contributed by atoms with van der Waals surface area (Å²) in [7, 11) is 0. The summed E-state index contributed by atoms with van der Waals surface area (Å²) in [5, 5.41) is 3.87. The molecule has 0 aliphatic heterocycles. The Balaban J connectivity index is 1.90. The quantitative estimate of drug-likeness (QED) is 0.850. The molecule has 4 nitrogen and oxygen atoms in total. The maximum Gasteiger partial charge on any atom is 0.226 e. The van der Waals surface area contributed by atoms with Crippen molar-refractivity contribution in [2.24, 2.45) is 5.73 Å². The van der Waals surface area contributed by atoms with Gasteiger partial charge in [0.2, 0.25) is 5.89 Å². The molecule has 2 aromatic rings. The maximum atomic E-state index is 5.43. The van der Waals surface area contributed by atoms with Gasteiger partial charge in [0.25, 0.3) is 0 Å². The molecule has 0 spiro atoms. The average Bonchev–Trinajstić information content (AvgIpc) is 2.77. The van der Waals surface area contributed by atoms with Crippen LogP contribution in [0.3, 0.4) is 0 Å². The normalized spacial score (nSPS) is 10.7. The molecule has 1 aromatic heterocycles. The van der Waals surface area contributed by atoms with Crippen LogP contribution in [-0.2, 0) is 19.3 Å². The van der Waals surface area contributed by atoms with Gasteiger partial charge in [-0.25, -0.2) is 0 Å². The van der Waals surface area contributed by atoms with Crippen LogP contribution in [0.15, 0.2) is 28.8 Å². The summed E-state index contributed by atoms with van der Waals surface area (Å²) in [5.41, 5.74) is 7.99. The Kier molecular flexibility index (Phi) is 3.88. The van der Waals surface area contributed by atoms with Crippen LogP contribution in [0.4, 0.5) is 0 Å². The SMILES string of the molecule is Cc1ccc(CCc2nc(CCN)no2)cc1. The highest BCUT2D eigenvalue weighted by molar-refractivity contribution is 5.21. The van der Waals surface area contributed by atoms with E-state index in [1.54, 1.807) is 0 Å². The maximum absolute atomic E-state index is 5.43. The molecule has 0 aliphatic rings. The molecule has 0 saturated heterocycles. The fourth-order valence-corrected chi connectivity index (χ4v) is 1.63. The Bertz CT molecular complexity index is 462. The Hall–Kier alpha value is -1.68. The highest BCUT2D eigenvalue weighted by Crippen LogP contribution is 2.07. The number of rotatable bonds is 5. The first-order valence-electron chi connectivity index (χ1n) is 5.85. The average molecular weight is 231 g/mol. The Morgan fingerprint density at radius 2 is 1.88 bits per heavy atom. The van der Waals surface area contributed by atoms with Crippen LogP contribution >= 0.6 is 0 Å². The Labute approximate surface area is 101 Å². The molecule has 0 bridgehead atoms. The molecule has 2 N–H and O–H groups in total. The lowest BCUT2D eigenvalue weighted by molar-refractivity contribution is 0.373. The topological polar surface area (TPSA) is 64.9 Å². The van der Waals surface area contributed by atoms with Crippen molar-refractivity contribution in [3.8, 4) is 0 Å². The highest BCUT2D eigenvalue weighted by Gasteiger charge is 2.05. The first kappa shape index (κ1) is 11.8. The number of nitrogens with two attached hydrogens (primary N) is 1. The Morgan fingerprint density at radius 3 is 2.59 bits per heavy atom. The standard InChI is InChI=1S/C13H17N3O/c1-10-2-4-11(5-3-10)6-7-13-15-12(8-9-14)16-17-13/h2-5H,6-9,14H2,1H3. The van der Waals surface area contributed by atoms with Crippen molar-refractivity contribution in [2.75, 3.05) is 6.54 Å². The fourth-order valence-electron chi connectivity index (χ4n) is 1.63. The van der Waals surface area contributed by atoms with E-state index in [0.717, 1.165) is 12.8 Å². The van der Waals surface area contributed by atoms with E-state index in [9.17, 15) is 0 Å². The fraction of sp³-hybridized carbons (Fsp3) is 0.385. The molecule has 0 saturated carbocycles. The van der Waals surface area contributed by atoms with E-state index in [4.69, 9.17) is 10.3 Å². The van der Waals surface area contributed by atoms with Crippen molar-refractivity contribution >= 4 is 0 Å². The van der Waals surface area contributed by atoms with Gasteiger partial charge in [0.15, 0.2) is 5.82 Å². The molecule has 0 amide bonds. The van der Waals surface area contributed by atoms with Gasteiger partial charge in [-0.15, -0.1) is 0 Å². The summed E-state index contributed by atoms with van der Waals surface area (Å²) in [5.74, 6) is 1.39. The Morgan fingerprint density at radius 1 is 1.12 bits per heavy atom. The van der Waals surface area contributed by atoms with Crippen molar-refractivity contribution in [1.82, 2.24) is 10.1 Å². The molecule has 1 aromatic carbocycles. The van der Waals surface area contributed by atoms with Crippen molar-refractivity contribution in [3.63, 3.8) is 0 Å². The van der Waals surface area contributed by atoms with Crippen LogP contribution in [0.25, 0.3) is 0 Å². The second-order valence-electron chi connectivity index (χ2n) is 4.13. The smallest absolute Gasteiger partial charge is 0.226 e. The van der Waals surface area contributed by atoms with E-state index in [2.05, 4.69) is 41.3 Å². The molecule has 0 unspecified atom stereocenters. The van der Waals surface area contributed by atoms with Gasteiger partial charge in [0.1, 0.15) is 0 Å². The monoisotopic (exact) mass is 231 g/mol. The van der Waals surface area contributed by atoms with E-state index in [0.29, 0.717) is 24.7 Å². The van der Waals surface area contributed by atoms with Crippen molar-refractivity contribution in [3.05, 3.63) is 47.1 Å². The number of benzene rings is 1. The molecule has 0 aliphatic carbocycles. The molecule has 2 rings (SSSR count). The lowest BCUT2D eigenvalue weighted by atomic mass is 10.1. The van der Waals surface area contributed by atoms with Crippen LogP contribution in [0.5, 0.6) is 0 Å². The van der Waals surface area contributed by atoms with Crippen LogP contribution in [0, 0.1) is 6.92 Å². The predicted molar refractivity (Wildman–Crippen MR) is 65.6 cm³/mol. The van der Waals surface area contributed by atoms with E-state index in [1.807, 2.05) is 0 Å². The predicted octanol–water partition coefficient (Wildman–Crippen LogP) is 1.66. The molecule has 0 radical (unpaired) electrons. The number of hydrogen-bond acceptors (Lipinski definition) is 4. The summed E-state index contributed by atoms with van der Waals surface area (Å²) >= 11 is 0.